The predicted octanol–water partition coefficient (Wildman–Crippen LogP) is 4.06. The van der Waals surface area contributed by atoms with Gasteiger partial charge in [-0.2, -0.15) is 0 Å². The molecule has 2 aromatic rings. The first kappa shape index (κ1) is 22.6. The first-order chi connectivity index (χ1) is 12.5. The number of rotatable bonds is 5. The molecule has 3 nitrogen and oxygen atoms in total. The number of aliphatic imine (C=N–C) groups is 1. The van der Waals surface area contributed by atoms with Gasteiger partial charge in [0, 0.05) is 48.4 Å². The molecule has 0 N–H and O–H groups in total. The Balaban J connectivity index is 0.00000261. The van der Waals surface area contributed by atoms with Crippen molar-refractivity contribution in [2.24, 2.45) is 4.99 Å². The van der Waals surface area contributed by atoms with Crippen molar-refractivity contribution in [2.75, 3.05) is 32.1 Å². The van der Waals surface area contributed by atoms with Crippen molar-refractivity contribution in [1.29, 1.82) is 0 Å². The van der Waals surface area contributed by atoms with Gasteiger partial charge in [0.05, 0.1) is 5.69 Å². The van der Waals surface area contributed by atoms with Crippen molar-refractivity contribution in [3.63, 3.8) is 0 Å². The largest absolute Gasteiger partial charge is 0.800 e. The van der Waals surface area contributed by atoms with Crippen molar-refractivity contribution in [1.82, 2.24) is 4.90 Å². The summed E-state index contributed by atoms with van der Waals surface area (Å²) in [5, 5.41) is 0. The Morgan fingerprint density at radius 2 is 1.59 bits per heavy atom. The standard InChI is InChI=1S/C21H27N3S2.Au/c1-23(2)20-9-7-19(8-10-20)22-15-16-3-5-17(6-4-16)18-11-13-24(14-12-18)21(25)26;/h3-10,15,18,21,25-26H,11-14H2,1-2H3;/p-2. The molecule has 1 radical (unpaired) electrons. The van der Waals surface area contributed by atoms with E-state index >= 15 is 0 Å². The topological polar surface area (TPSA) is 18.8 Å². The summed E-state index contributed by atoms with van der Waals surface area (Å²) in [5.74, 6) is 0.611. The molecule has 6 heteroatoms. The molecule has 1 fully saturated rings. The third-order valence-corrected chi connectivity index (χ3v) is 5.56. The summed E-state index contributed by atoms with van der Waals surface area (Å²) in [7, 11) is 4.08. The second kappa shape index (κ2) is 10.7. The van der Waals surface area contributed by atoms with E-state index in [1.54, 1.807) is 0 Å². The monoisotopic (exact) mass is 580 g/mol. The van der Waals surface area contributed by atoms with Crippen molar-refractivity contribution >= 4 is 42.8 Å². The summed E-state index contributed by atoms with van der Waals surface area (Å²) < 4.78 is -0.165. The smallest absolute Gasteiger partial charge is 0.0631 e. The number of benzene rings is 2. The van der Waals surface area contributed by atoms with Gasteiger partial charge in [0.2, 0.25) is 0 Å². The minimum atomic E-state index is -0.165. The Kier molecular flexibility index (Phi) is 8.99. The van der Waals surface area contributed by atoms with Crippen LogP contribution in [0.1, 0.15) is 29.9 Å². The zero-order valence-corrected chi connectivity index (χ0v) is 19.4. The molecule has 1 aliphatic rings. The summed E-state index contributed by atoms with van der Waals surface area (Å²) in [4.78, 5) is 8.87. The SMILES string of the molecule is CN(C)c1ccc(N=Cc2ccc(C3CCN(C([S-])[S-])CC3)cc2)cc1.[Au]. The van der Waals surface area contributed by atoms with E-state index in [4.69, 9.17) is 25.3 Å². The first-order valence-electron chi connectivity index (χ1n) is 9.00. The molecule has 27 heavy (non-hydrogen) atoms. The Bertz CT molecular complexity index is 722. The molecule has 0 amide bonds. The van der Waals surface area contributed by atoms with Crippen molar-refractivity contribution in [3.05, 3.63) is 59.7 Å². The third-order valence-electron chi connectivity index (χ3n) is 4.96. The number of nitrogens with zero attached hydrogens (tertiary/aromatic N) is 3. The van der Waals surface area contributed by atoms with Crippen LogP contribution >= 0.6 is 0 Å². The van der Waals surface area contributed by atoms with Crippen LogP contribution in [0.5, 0.6) is 0 Å². The van der Waals surface area contributed by atoms with Crippen LogP contribution < -0.4 is 4.90 Å². The fourth-order valence-corrected chi connectivity index (χ4v) is 3.71. The molecule has 1 heterocycles. The number of hydrogen-bond donors (Lipinski definition) is 0. The van der Waals surface area contributed by atoms with E-state index in [0.717, 1.165) is 37.2 Å². The fourth-order valence-electron chi connectivity index (χ4n) is 3.28. The summed E-state index contributed by atoms with van der Waals surface area (Å²) in [5.41, 5.74) is 4.67. The summed E-state index contributed by atoms with van der Waals surface area (Å²) in [6, 6.07) is 17.0. The Morgan fingerprint density at radius 3 is 2.11 bits per heavy atom. The fraction of sp³-hybridized carbons (Fsp3) is 0.381. The molecule has 1 saturated heterocycles. The zero-order valence-electron chi connectivity index (χ0n) is 15.6. The molecule has 0 saturated carbocycles. The molecule has 149 valence electrons. The average Bonchev–Trinajstić information content (AvgIpc) is 2.67. The van der Waals surface area contributed by atoms with Gasteiger partial charge in [-0.05, 0) is 67.2 Å². The second-order valence-corrected chi connectivity index (χ2v) is 8.14. The normalized spacial score (nSPS) is 15.9. The van der Waals surface area contributed by atoms with Gasteiger partial charge in [-0.25, -0.2) is 4.71 Å². The molecular formula is C21H25AuN3S2-2. The van der Waals surface area contributed by atoms with E-state index in [0.29, 0.717) is 5.92 Å². The van der Waals surface area contributed by atoms with Gasteiger partial charge in [0.1, 0.15) is 0 Å². The maximum Gasteiger partial charge on any atom is 0.0631 e. The van der Waals surface area contributed by atoms with Crippen LogP contribution in [0, 0.1) is 0 Å². The van der Waals surface area contributed by atoms with Crippen molar-refractivity contribution in [2.45, 2.75) is 23.5 Å². The van der Waals surface area contributed by atoms with Crippen molar-refractivity contribution in [3.8, 4) is 0 Å². The van der Waals surface area contributed by atoms with E-state index in [1.165, 1.54) is 11.3 Å². The number of piperidine rings is 1. The molecule has 0 bridgehead atoms. The maximum absolute atomic E-state index is 5.18. The maximum atomic E-state index is 5.18. The van der Waals surface area contributed by atoms with Crippen LogP contribution in [0.4, 0.5) is 11.4 Å². The number of likely N-dealkylation sites (tertiary alicyclic amines) is 1. The molecule has 0 spiro atoms. The molecule has 3 rings (SSSR count). The van der Waals surface area contributed by atoms with Gasteiger partial charge in [0.25, 0.3) is 0 Å². The molecule has 0 aromatic heterocycles. The molecule has 0 unspecified atom stereocenters. The van der Waals surface area contributed by atoms with Gasteiger partial charge >= 0.3 is 0 Å². The van der Waals surface area contributed by atoms with Gasteiger partial charge < -0.3 is 35.1 Å². The number of anilines is 1. The van der Waals surface area contributed by atoms with E-state index in [1.807, 2.05) is 32.4 Å². The zero-order chi connectivity index (χ0) is 18.5. The minimum absolute atomic E-state index is 0. The van der Waals surface area contributed by atoms with E-state index in [2.05, 4.69) is 51.2 Å². The predicted molar refractivity (Wildman–Crippen MR) is 117 cm³/mol. The van der Waals surface area contributed by atoms with Gasteiger partial charge in [-0.1, -0.05) is 24.3 Å². The van der Waals surface area contributed by atoms with Gasteiger partial charge in [-0.3, -0.25) is 4.99 Å². The van der Waals surface area contributed by atoms with E-state index in [-0.39, 0.29) is 27.1 Å². The molecule has 2 aromatic carbocycles. The van der Waals surface area contributed by atoms with Crippen LogP contribution in [0.25, 0.3) is 0 Å². The average molecular weight is 581 g/mol. The molecule has 0 aliphatic carbocycles. The van der Waals surface area contributed by atoms with Gasteiger partial charge in [-0.15, -0.1) is 0 Å². The third kappa shape index (κ3) is 6.41. The van der Waals surface area contributed by atoms with E-state index < -0.39 is 0 Å². The van der Waals surface area contributed by atoms with E-state index in [9.17, 15) is 0 Å². The minimum Gasteiger partial charge on any atom is -0.800 e. The number of hydrogen-bond acceptors (Lipinski definition) is 5. The first-order valence-corrected chi connectivity index (χ1v) is 9.94. The molecular weight excluding hydrogens is 555 g/mol. The van der Waals surface area contributed by atoms with Crippen LogP contribution in [0.15, 0.2) is 53.5 Å². The van der Waals surface area contributed by atoms with Crippen LogP contribution in [-0.4, -0.2) is 43.0 Å². The summed E-state index contributed by atoms with van der Waals surface area (Å²) in [6.07, 6.45) is 4.20. The van der Waals surface area contributed by atoms with Gasteiger partial charge in [0.15, 0.2) is 0 Å². The Labute approximate surface area is 189 Å². The summed E-state index contributed by atoms with van der Waals surface area (Å²) in [6.45, 7) is 2.02. The Hall–Kier alpha value is -0.690. The van der Waals surface area contributed by atoms with Crippen LogP contribution in [-0.2, 0) is 47.6 Å². The molecule has 1 aliphatic heterocycles. The quantitative estimate of drug-likeness (QED) is 0.302. The Morgan fingerprint density at radius 1 is 1.00 bits per heavy atom. The second-order valence-electron chi connectivity index (χ2n) is 6.95. The van der Waals surface area contributed by atoms with Crippen LogP contribution in [0.3, 0.4) is 0 Å². The van der Waals surface area contributed by atoms with Crippen LogP contribution in [0.2, 0.25) is 0 Å². The van der Waals surface area contributed by atoms with Crippen molar-refractivity contribution < 1.29 is 22.4 Å². The summed E-state index contributed by atoms with van der Waals surface area (Å²) >= 11 is 10.4. The molecule has 0 atom stereocenters.